The number of nitrogens with one attached hydrogen (secondary N) is 2. The molecule has 3 aromatic heterocycles. The van der Waals surface area contributed by atoms with Gasteiger partial charge in [0.25, 0.3) is 0 Å². The summed E-state index contributed by atoms with van der Waals surface area (Å²) in [5, 5.41) is 12.5. The van der Waals surface area contributed by atoms with Crippen LogP contribution < -0.4 is 16.4 Å². The number of hydrogen-bond acceptors (Lipinski definition) is 8. The van der Waals surface area contributed by atoms with Crippen molar-refractivity contribution in [2.75, 3.05) is 24.7 Å². The summed E-state index contributed by atoms with van der Waals surface area (Å²) >= 11 is 1.71. The van der Waals surface area contributed by atoms with Crippen LogP contribution in [0.5, 0.6) is 0 Å². The highest BCUT2D eigenvalue weighted by Gasteiger charge is 2.30. The molecule has 1 saturated carbocycles. The Morgan fingerprint density at radius 1 is 1.21 bits per heavy atom. The summed E-state index contributed by atoms with van der Waals surface area (Å²) in [5.74, 6) is 1.77. The van der Waals surface area contributed by atoms with Crippen LogP contribution in [0.4, 0.5) is 17.6 Å². The van der Waals surface area contributed by atoms with Crippen LogP contribution in [0.2, 0.25) is 0 Å². The van der Waals surface area contributed by atoms with E-state index in [1.165, 1.54) is 23.3 Å². The summed E-state index contributed by atoms with van der Waals surface area (Å²) in [7, 11) is 6.21. The minimum absolute atomic E-state index is 0.120. The molecule has 33 heavy (non-hydrogen) atoms. The van der Waals surface area contributed by atoms with Crippen molar-refractivity contribution in [3.8, 4) is 0 Å². The molecule has 0 unspecified atom stereocenters. The molecule has 9 nitrogen and oxygen atoms in total. The predicted octanol–water partition coefficient (Wildman–Crippen LogP) is 3.04. The second-order valence-electron chi connectivity index (χ2n) is 9.53. The Hall–Kier alpha value is -2.72. The van der Waals surface area contributed by atoms with Gasteiger partial charge in [0.2, 0.25) is 11.9 Å². The average molecular weight is 469 g/mol. The highest BCUT2D eigenvalue weighted by atomic mass is 32.1. The first-order chi connectivity index (χ1) is 15.9. The van der Waals surface area contributed by atoms with Gasteiger partial charge in [0.05, 0.1) is 5.39 Å². The Labute approximate surface area is 197 Å². The summed E-state index contributed by atoms with van der Waals surface area (Å²) in [5.41, 5.74) is 6.86. The van der Waals surface area contributed by atoms with E-state index in [2.05, 4.69) is 34.7 Å². The normalized spacial score (nSPS) is 23.0. The topological polar surface area (TPSA) is 114 Å². The summed E-state index contributed by atoms with van der Waals surface area (Å²) < 4.78 is 1.75. The molecular weight excluding hydrogens is 436 g/mol. The van der Waals surface area contributed by atoms with Crippen LogP contribution in [0.15, 0.2) is 12.3 Å². The van der Waals surface area contributed by atoms with Crippen molar-refractivity contribution in [2.45, 2.75) is 57.0 Å². The second kappa shape index (κ2) is 8.90. The van der Waals surface area contributed by atoms with Crippen LogP contribution in [-0.4, -0.2) is 56.7 Å². The Bertz CT molecular complexity index is 1160. The van der Waals surface area contributed by atoms with Crippen molar-refractivity contribution < 1.29 is 4.79 Å². The fourth-order valence-corrected chi connectivity index (χ4v) is 6.32. The molecule has 0 aliphatic heterocycles. The molecule has 0 radical (unpaired) electrons. The molecule has 5 rings (SSSR count). The SMILES string of the molecule is CN(C)C1CCC(Nc2nc(Nc3ccn(C)n3)nc3sc4c(c23)C[C@H](C(N)=O)CC4)CC1. The van der Waals surface area contributed by atoms with Gasteiger partial charge in [-0.2, -0.15) is 10.1 Å². The zero-order valence-electron chi connectivity index (χ0n) is 19.5. The fraction of sp³-hybridized carbons (Fsp3) is 0.565. The van der Waals surface area contributed by atoms with Crippen molar-refractivity contribution in [3.05, 3.63) is 22.7 Å². The number of anilines is 3. The Morgan fingerprint density at radius 3 is 2.67 bits per heavy atom. The number of aromatic nitrogens is 4. The Balaban J connectivity index is 1.49. The monoisotopic (exact) mass is 468 g/mol. The van der Waals surface area contributed by atoms with E-state index in [0.29, 0.717) is 30.3 Å². The zero-order chi connectivity index (χ0) is 23.1. The minimum Gasteiger partial charge on any atom is -0.369 e. The van der Waals surface area contributed by atoms with Gasteiger partial charge in [0.15, 0.2) is 5.82 Å². The zero-order valence-corrected chi connectivity index (χ0v) is 20.3. The maximum atomic E-state index is 11.9. The van der Waals surface area contributed by atoms with Crippen LogP contribution in [-0.2, 0) is 24.7 Å². The molecule has 10 heteroatoms. The van der Waals surface area contributed by atoms with Gasteiger partial charge in [0.1, 0.15) is 10.6 Å². The first kappa shape index (κ1) is 22.1. The van der Waals surface area contributed by atoms with Crippen LogP contribution in [0, 0.1) is 5.92 Å². The van der Waals surface area contributed by atoms with E-state index in [9.17, 15) is 4.79 Å². The third-order valence-electron chi connectivity index (χ3n) is 7.03. The van der Waals surface area contributed by atoms with Crippen LogP contribution in [0.25, 0.3) is 10.2 Å². The number of carbonyl (C=O) groups is 1. The van der Waals surface area contributed by atoms with Crippen LogP contribution in [0.1, 0.15) is 42.5 Å². The summed E-state index contributed by atoms with van der Waals surface area (Å²) in [6, 6.07) is 2.91. The number of nitrogens with two attached hydrogens (primary N) is 1. The molecule has 1 atom stereocenters. The molecule has 3 aromatic rings. The van der Waals surface area contributed by atoms with Crippen molar-refractivity contribution in [2.24, 2.45) is 18.7 Å². The van der Waals surface area contributed by atoms with E-state index in [0.717, 1.165) is 41.7 Å². The molecule has 3 heterocycles. The predicted molar refractivity (Wildman–Crippen MR) is 132 cm³/mol. The molecule has 176 valence electrons. The quantitative estimate of drug-likeness (QED) is 0.509. The van der Waals surface area contributed by atoms with Crippen LogP contribution in [0.3, 0.4) is 0 Å². The van der Waals surface area contributed by atoms with Crippen molar-refractivity contribution in [1.82, 2.24) is 24.6 Å². The lowest BCUT2D eigenvalue weighted by molar-refractivity contribution is -0.122. The number of thiophene rings is 1. The largest absolute Gasteiger partial charge is 0.369 e. The number of rotatable bonds is 6. The van der Waals surface area contributed by atoms with Gasteiger partial charge in [-0.15, -0.1) is 11.3 Å². The number of nitrogens with zero attached hydrogens (tertiary/aromatic N) is 5. The standard InChI is InChI=1S/C23H32N8OS/c1-30(2)15-7-5-14(6-8-15)25-21-19-16-12-13(20(24)32)4-9-17(16)33-22(19)28-23(27-21)26-18-10-11-31(3)29-18/h10-11,13-15H,4-9,12H2,1-3H3,(H2,24,32)(H2,25,26,27,28,29)/t13-,14?,15?/m1/s1. The van der Waals surface area contributed by atoms with Gasteiger partial charge in [-0.1, -0.05) is 0 Å². The van der Waals surface area contributed by atoms with Crippen molar-refractivity contribution >= 4 is 45.0 Å². The first-order valence-electron chi connectivity index (χ1n) is 11.7. The number of fused-ring (bicyclic) bond motifs is 3. The number of amides is 1. The number of primary amides is 1. The lowest BCUT2D eigenvalue weighted by atomic mass is 9.86. The maximum absolute atomic E-state index is 11.9. The second-order valence-corrected chi connectivity index (χ2v) is 10.6. The molecule has 0 saturated heterocycles. The highest BCUT2D eigenvalue weighted by molar-refractivity contribution is 7.19. The van der Waals surface area contributed by atoms with E-state index in [1.54, 1.807) is 16.0 Å². The Kier molecular flexibility index (Phi) is 5.96. The van der Waals surface area contributed by atoms with Crippen molar-refractivity contribution in [3.63, 3.8) is 0 Å². The number of hydrogen-bond donors (Lipinski definition) is 3. The third kappa shape index (κ3) is 4.54. The fourth-order valence-electron chi connectivity index (χ4n) is 5.10. The minimum atomic E-state index is -0.217. The van der Waals surface area contributed by atoms with Gasteiger partial charge < -0.3 is 21.3 Å². The van der Waals surface area contributed by atoms with Crippen LogP contribution >= 0.6 is 11.3 Å². The maximum Gasteiger partial charge on any atom is 0.231 e. The summed E-state index contributed by atoms with van der Waals surface area (Å²) in [6.07, 6.45) is 8.77. The smallest absolute Gasteiger partial charge is 0.231 e. The van der Waals surface area contributed by atoms with Gasteiger partial charge in [-0.05, 0) is 64.6 Å². The van der Waals surface area contributed by atoms with Gasteiger partial charge in [-0.25, -0.2) is 4.98 Å². The first-order valence-corrected chi connectivity index (χ1v) is 12.5. The third-order valence-corrected chi connectivity index (χ3v) is 8.21. The van der Waals surface area contributed by atoms with Gasteiger partial charge in [0, 0.05) is 42.2 Å². The van der Waals surface area contributed by atoms with Gasteiger partial charge >= 0.3 is 0 Å². The number of carbonyl (C=O) groups excluding carboxylic acids is 1. The lowest BCUT2D eigenvalue weighted by Gasteiger charge is -2.33. The van der Waals surface area contributed by atoms with E-state index in [1.807, 2.05) is 19.3 Å². The molecule has 0 aromatic carbocycles. The van der Waals surface area contributed by atoms with E-state index in [-0.39, 0.29) is 11.8 Å². The van der Waals surface area contributed by atoms with E-state index in [4.69, 9.17) is 15.7 Å². The molecule has 4 N–H and O–H groups in total. The lowest BCUT2D eigenvalue weighted by Crippen LogP contribution is -2.36. The Morgan fingerprint density at radius 2 is 2.00 bits per heavy atom. The summed E-state index contributed by atoms with van der Waals surface area (Å²) in [4.78, 5) is 26.2. The molecular formula is C23H32N8OS. The molecule has 2 aliphatic carbocycles. The average Bonchev–Trinajstić information content (AvgIpc) is 3.36. The van der Waals surface area contributed by atoms with E-state index < -0.39 is 0 Å². The summed E-state index contributed by atoms with van der Waals surface area (Å²) in [6.45, 7) is 0. The number of aryl methyl sites for hydroxylation is 2. The molecule has 0 spiro atoms. The molecule has 1 amide bonds. The molecule has 0 bridgehead atoms. The highest BCUT2D eigenvalue weighted by Crippen LogP contribution is 2.41. The van der Waals surface area contributed by atoms with Crippen molar-refractivity contribution in [1.29, 1.82) is 0 Å². The molecule has 2 aliphatic rings. The van der Waals surface area contributed by atoms with Gasteiger partial charge in [-0.3, -0.25) is 9.48 Å². The molecule has 1 fully saturated rings. The van der Waals surface area contributed by atoms with E-state index >= 15 is 0 Å².